The van der Waals surface area contributed by atoms with E-state index >= 15 is 0 Å². The minimum atomic E-state index is -0.443. The number of amides is 1. The molecule has 0 radical (unpaired) electrons. The minimum absolute atomic E-state index is 0.131. The largest absolute Gasteiger partial charge is 0.450 e. The van der Waals surface area contributed by atoms with Crippen molar-refractivity contribution in [2.75, 3.05) is 26.2 Å². The lowest BCUT2D eigenvalue weighted by molar-refractivity contribution is 0.0708. The third-order valence-corrected chi connectivity index (χ3v) is 6.14. The van der Waals surface area contributed by atoms with Crippen molar-refractivity contribution in [1.29, 1.82) is 0 Å². The van der Waals surface area contributed by atoms with Crippen molar-refractivity contribution in [2.24, 2.45) is 0 Å². The van der Waals surface area contributed by atoms with Crippen molar-refractivity contribution in [3.05, 3.63) is 80.1 Å². The summed E-state index contributed by atoms with van der Waals surface area (Å²) in [5.74, 6) is -0.0518. The Kier molecular flexibility index (Phi) is 5.56. The fourth-order valence-electron chi connectivity index (χ4n) is 3.98. The monoisotopic (exact) mass is 454 g/mol. The van der Waals surface area contributed by atoms with E-state index in [1.54, 1.807) is 23.1 Å². The zero-order chi connectivity index (χ0) is 20.5. The van der Waals surface area contributed by atoms with Crippen LogP contribution in [0.5, 0.6) is 0 Å². The van der Waals surface area contributed by atoms with E-state index < -0.39 is 6.04 Å². The summed E-state index contributed by atoms with van der Waals surface area (Å²) in [6.45, 7) is 7.31. The standard InChI is InChI=1S/C23H23BrN2O3/c1-3-25(4-2)13-14-26-20(15-9-11-16(24)12-10-15)19-21(27)17-7-5-6-8-18(17)29-22(19)23(26)28/h5-12,20H,3-4,13-14H2,1-2H3. The van der Waals surface area contributed by atoms with E-state index in [2.05, 4.69) is 34.7 Å². The zero-order valence-electron chi connectivity index (χ0n) is 16.5. The van der Waals surface area contributed by atoms with Crippen LogP contribution in [0.15, 0.2) is 62.2 Å². The maximum atomic E-state index is 13.4. The molecule has 1 unspecified atom stereocenters. The van der Waals surface area contributed by atoms with Gasteiger partial charge in [-0.05, 0) is 42.9 Å². The van der Waals surface area contributed by atoms with Crippen molar-refractivity contribution >= 4 is 32.8 Å². The van der Waals surface area contributed by atoms with Gasteiger partial charge in [0, 0.05) is 17.6 Å². The Morgan fingerprint density at radius 1 is 1.03 bits per heavy atom. The first-order valence-electron chi connectivity index (χ1n) is 9.89. The quantitative estimate of drug-likeness (QED) is 0.552. The van der Waals surface area contributed by atoms with Gasteiger partial charge in [-0.3, -0.25) is 9.59 Å². The fraction of sp³-hybridized carbons (Fsp3) is 0.304. The molecule has 4 rings (SSSR count). The number of carbonyl (C=O) groups is 1. The molecule has 150 valence electrons. The number of nitrogens with zero attached hydrogens (tertiary/aromatic N) is 2. The third kappa shape index (κ3) is 3.51. The summed E-state index contributed by atoms with van der Waals surface area (Å²) >= 11 is 3.46. The van der Waals surface area contributed by atoms with E-state index in [4.69, 9.17) is 4.42 Å². The van der Waals surface area contributed by atoms with Crippen LogP contribution in [0.25, 0.3) is 11.0 Å². The Morgan fingerprint density at radius 2 is 1.72 bits per heavy atom. The Labute approximate surface area is 178 Å². The molecule has 0 saturated carbocycles. The summed E-state index contributed by atoms with van der Waals surface area (Å²) in [5, 5.41) is 0.506. The molecular weight excluding hydrogens is 432 g/mol. The number of hydrogen-bond acceptors (Lipinski definition) is 4. The van der Waals surface area contributed by atoms with Crippen LogP contribution >= 0.6 is 15.9 Å². The third-order valence-electron chi connectivity index (χ3n) is 5.61. The van der Waals surface area contributed by atoms with Crippen molar-refractivity contribution in [3.8, 4) is 0 Å². The summed E-state index contributed by atoms with van der Waals surface area (Å²) in [6, 6.07) is 14.4. The maximum Gasteiger partial charge on any atom is 0.290 e. The molecule has 1 amide bonds. The van der Waals surface area contributed by atoms with Gasteiger partial charge in [-0.1, -0.05) is 54.0 Å². The number of fused-ring (bicyclic) bond motifs is 2. The maximum absolute atomic E-state index is 13.4. The molecule has 0 saturated heterocycles. The molecule has 0 aliphatic carbocycles. The highest BCUT2D eigenvalue weighted by molar-refractivity contribution is 9.10. The molecule has 2 heterocycles. The lowest BCUT2D eigenvalue weighted by Gasteiger charge is -2.28. The molecule has 0 N–H and O–H groups in total. The second-order valence-corrected chi connectivity index (χ2v) is 8.07. The molecule has 0 spiro atoms. The molecule has 1 aliphatic heterocycles. The van der Waals surface area contributed by atoms with Gasteiger partial charge in [0.1, 0.15) is 5.58 Å². The highest BCUT2D eigenvalue weighted by atomic mass is 79.9. The Morgan fingerprint density at radius 3 is 2.41 bits per heavy atom. The number of hydrogen-bond donors (Lipinski definition) is 0. The first-order valence-corrected chi connectivity index (χ1v) is 10.7. The predicted octanol–water partition coefficient (Wildman–Crippen LogP) is 4.44. The first-order chi connectivity index (χ1) is 14.0. The summed E-state index contributed by atoms with van der Waals surface area (Å²) in [7, 11) is 0. The average Bonchev–Trinajstić information content (AvgIpc) is 3.02. The molecule has 3 aromatic rings. The molecule has 6 heteroatoms. The van der Waals surface area contributed by atoms with Crippen molar-refractivity contribution in [3.63, 3.8) is 0 Å². The van der Waals surface area contributed by atoms with Gasteiger partial charge >= 0.3 is 0 Å². The summed E-state index contributed by atoms with van der Waals surface area (Å²) in [4.78, 5) is 30.7. The SMILES string of the molecule is CCN(CC)CCN1C(=O)c2oc3ccccc3c(=O)c2C1c1ccc(Br)cc1. The van der Waals surface area contributed by atoms with Crippen molar-refractivity contribution < 1.29 is 9.21 Å². The molecule has 29 heavy (non-hydrogen) atoms. The number of halogens is 1. The van der Waals surface area contributed by atoms with Crippen LogP contribution in [0.1, 0.15) is 41.6 Å². The molecule has 2 aromatic carbocycles. The first kappa shape index (κ1) is 19.9. The fourth-order valence-corrected chi connectivity index (χ4v) is 4.24. The number of benzene rings is 2. The molecule has 1 aliphatic rings. The average molecular weight is 455 g/mol. The predicted molar refractivity (Wildman–Crippen MR) is 117 cm³/mol. The second-order valence-electron chi connectivity index (χ2n) is 7.15. The van der Waals surface area contributed by atoms with Gasteiger partial charge in [0.15, 0.2) is 5.43 Å². The molecule has 0 bridgehead atoms. The minimum Gasteiger partial charge on any atom is -0.450 e. The van der Waals surface area contributed by atoms with E-state index in [1.807, 2.05) is 30.3 Å². The van der Waals surface area contributed by atoms with Crippen LogP contribution in [0, 0.1) is 0 Å². The van der Waals surface area contributed by atoms with Crippen LogP contribution in [-0.4, -0.2) is 41.9 Å². The van der Waals surface area contributed by atoms with Gasteiger partial charge < -0.3 is 14.2 Å². The van der Waals surface area contributed by atoms with Gasteiger partial charge in [0.05, 0.1) is 17.0 Å². The number of likely N-dealkylation sites (N-methyl/N-ethyl adjacent to an activating group) is 1. The van der Waals surface area contributed by atoms with Gasteiger partial charge in [0.25, 0.3) is 5.91 Å². The Hall–Kier alpha value is -2.44. The number of carbonyl (C=O) groups excluding carboxylic acids is 1. The van der Waals surface area contributed by atoms with Crippen LogP contribution < -0.4 is 5.43 Å². The Bertz CT molecular complexity index is 1100. The smallest absolute Gasteiger partial charge is 0.290 e. The number of para-hydroxylation sites is 1. The summed E-state index contributed by atoms with van der Waals surface area (Å²) in [6.07, 6.45) is 0. The summed E-state index contributed by atoms with van der Waals surface area (Å²) < 4.78 is 6.90. The number of rotatable bonds is 6. The molecule has 1 atom stereocenters. The van der Waals surface area contributed by atoms with Crippen molar-refractivity contribution in [1.82, 2.24) is 9.80 Å². The van der Waals surface area contributed by atoms with Crippen LogP contribution in [0.4, 0.5) is 0 Å². The van der Waals surface area contributed by atoms with E-state index in [0.717, 1.165) is 29.7 Å². The van der Waals surface area contributed by atoms with Crippen LogP contribution in [0.3, 0.4) is 0 Å². The highest BCUT2D eigenvalue weighted by Crippen LogP contribution is 2.38. The van der Waals surface area contributed by atoms with E-state index in [0.29, 0.717) is 23.1 Å². The summed E-state index contributed by atoms with van der Waals surface area (Å²) in [5.41, 5.74) is 1.66. The van der Waals surface area contributed by atoms with E-state index in [9.17, 15) is 9.59 Å². The normalized spacial score (nSPS) is 16.1. The second kappa shape index (κ2) is 8.13. The van der Waals surface area contributed by atoms with E-state index in [1.165, 1.54) is 0 Å². The van der Waals surface area contributed by atoms with Crippen molar-refractivity contribution in [2.45, 2.75) is 19.9 Å². The lowest BCUT2D eigenvalue weighted by Crippen LogP contribution is -2.37. The topological polar surface area (TPSA) is 53.8 Å². The Balaban J connectivity index is 1.85. The van der Waals surface area contributed by atoms with Gasteiger partial charge in [-0.2, -0.15) is 0 Å². The molecule has 1 aromatic heterocycles. The van der Waals surface area contributed by atoms with Gasteiger partial charge in [0.2, 0.25) is 5.76 Å². The van der Waals surface area contributed by atoms with Gasteiger partial charge in [-0.15, -0.1) is 0 Å². The van der Waals surface area contributed by atoms with E-state index in [-0.39, 0.29) is 17.1 Å². The van der Waals surface area contributed by atoms with Gasteiger partial charge in [-0.25, -0.2) is 0 Å². The van der Waals surface area contributed by atoms with Crippen LogP contribution in [-0.2, 0) is 0 Å². The molecule has 5 nitrogen and oxygen atoms in total. The zero-order valence-corrected chi connectivity index (χ0v) is 18.1. The molecule has 0 fully saturated rings. The molecular formula is C23H23BrN2O3. The lowest BCUT2D eigenvalue weighted by atomic mass is 9.98. The highest BCUT2D eigenvalue weighted by Gasteiger charge is 2.42. The van der Waals surface area contributed by atoms with Crippen LogP contribution in [0.2, 0.25) is 0 Å².